The number of hydrogen-bond donors (Lipinski definition) is 2. The van der Waals surface area contributed by atoms with Crippen molar-refractivity contribution >= 4 is 17.3 Å². The van der Waals surface area contributed by atoms with Gasteiger partial charge in [-0.2, -0.15) is 5.10 Å². The summed E-state index contributed by atoms with van der Waals surface area (Å²) in [5.41, 5.74) is 7.21. The average Bonchev–Trinajstić information content (AvgIpc) is 2.94. The average molecular weight is 307 g/mol. The summed E-state index contributed by atoms with van der Waals surface area (Å²) in [7, 11) is 0. The van der Waals surface area contributed by atoms with Gasteiger partial charge in [0.05, 0.1) is 10.7 Å². The van der Waals surface area contributed by atoms with E-state index in [0.29, 0.717) is 27.7 Å². The largest absolute Gasteiger partial charge is 0.398 e. The fourth-order valence-electron chi connectivity index (χ4n) is 1.85. The van der Waals surface area contributed by atoms with Gasteiger partial charge in [-0.25, -0.2) is 13.8 Å². The Labute approximate surface area is 123 Å². The lowest BCUT2D eigenvalue weighted by molar-refractivity contribution is 0.509. The number of H-pyrrole nitrogens is 1. The number of nitrogens with one attached hydrogen (secondary N) is 1. The molecule has 0 saturated heterocycles. The van der Waals surface area contributed by atoms with Crippen molar-refractivity contribution in [3.8, 4) is 22.8 Å². The molecular weight excluding hydrogens is 298 g/mol. The predicted molar refractivity (Wildman–Crippen MR) is 76.6 cm³/mol. The Morgan fingerprint density at radius 1 is 1.00 bits per heavy atom. The van der Waals surface area contributed by atoms with Crippen LogP contribution in [0.4, 0.5) is 14.5 Å². The molecule has 3 aromatic rings. The number of rotatable bonds is 2. The monoisotopic (exact) mass is 306 g/mol. The number of hydrogen-bond acceptors (Lipinski definition) is 3. The summed E-state index contributed by atoms with van der Waals surface area (Å²) >= 11 is 5.85. The summed E-state index contributed by atoms with van der Waals surface area (Å²) in [4.78, 5) is 4.24. The number of aromatic amines is 1. The van der Waals surface area contributed by atoms with Crippen LogP contribution in [-0.2, 0) is 0 Å². The van der Waals surface area contributed by atoms with E-state index in [-0.39, 0.29) is 5.82 Å². The second-order valence-corrected chi connectivity index (χ2v) is 4.78. The van der Waals surface area contributed by atoms with E-state index in [2.05, 4.69) is 15.2 Å². The molecule has 0 atom stereocenters. The highest BCUT2D eigenvalue weighted by Gasteiger charge is 2.11. The number of nitrogens with two attached hydrogens (primary N) is 1. The molecule has 106 valence electrons. The predicted octanol–water partition coefficient (Wildman–Crippen LogP) is 3.65. The number of nitrogen functional groups attached to an aromatic ring is 1. The van der Waals surface area contributed by atoms with E-state index in [0.717, 1.165) is 12.1 Å². The van der Waals surface area contributed by atoms with Crippen LogP contribution in [0.2, 0.25) is 5.02 Å². The number of halogens is 3. The standard InChI is InChI=1S/C14H9ClF2N4/c15-9-3-1-8(6-12(9)18)14-19-13(20-21-14)7-2-4-10(16)11(17)5-7/h1-6H,18H2,(H,19,20,21). The molecule has 3 N–H and O–H groups in total. The maximum Gasteiger partial charge on any atom is 0.181 e. The molecule has 0 fully saturated rings. The molecule has 1 heterocycles. The van der Waals surface area contributed by atoms with Crippen LogP contribution >= 0.6 is 11.6 Å². The number of nitrogens with zero attached hydrogens (tertiary/aromatic N) is 2. The van der Waals surface area contributed by atoms with Gasteiger partial charge >= 0.3 is 0 Å². The van der Waals surface area contributed by atoms with E-state index >= 15 is 0 Å². The van der Waals surface area contributed by atoms with Gasteiger partial charge in [-0.3, -0.25) is 5.10 Å². The molecule has 0 aliphatic heterocycles. The maximum atomic E-state index is 13.2. The van der Waals surface area contributed by atoms with E-state index in [1.807, 2.05) is 0 Å². The highest BCUT2D eigenvalue weighted by atomic mass is 35.5. The van der Waals surface area contributed by atoms with Crippen molar-refractivity contribution in [2.75, 3.05) is 5.73 Å². The molecule has 0 spiro atoms. The molecule has 0 aliphatic carbocycles. The first-order valence-corrected chi connectivity index (χ1v) is 6.35. The minimum atomic E-state index is -0.949. The van der Waals surface area contributed by atoms with Gasteiger partial charge in [-0.1, -0.05) is 11.6 Å². The number of anilines is 1. The van der Waals surface area contributed by atoms with E-state index in [1.54, 1.807) is 18.2 Å². The van der Waals surface area contributed by atoms with E-state index in [1.165, 1.54) is 6.07 Å². The molecule has 21 heavy (non-hydrogen) atoms. The van der Waals surface area contributed by atoms with Crippen molar-refractivity contribution in [2.24, 2.45) is 0 Å². The van der Waals surface area contributed by atoms with Crippen LogP contribution in [0.3, 0.4) is 0 Å². The smallest absolute Gasteiger partial charge is 0.181 e. The third-order valence-corrected chi connectivity index (χ3v) is 3.28. The minimum absolute atomic E-state index is 0.262. The second-order valence-electron chi connectivity index (χ2n) is 4.37. The normalized spacial score (nSPS) is 10.8. The van der Waals surface area contributed by atoms with Crippen molar-refractivity contribution < 1.29 is 8.78 Å². The lowest BCUT2D eigenvalue weighted by Crippen LogP contribution is -1.89. The summed E-state index contributed by atoms with van der Waals surface area (Å²) in [5.74, 6) is -1.15. The van der Waals surface area contributed by atoms with Crippen LogP contribution in [0.5, 0.6) is 0 Å². The van der Waals surface area contributed by atoms with Gasteiger partial charge in [0.15, 0.2) is 23.3 Å². The zero-order valence-corrected chi connectivity index (χ0v) is 11.3. The third-order valence-electron chi connectivity index (χ3n) is 2.93. The lowest BCUT2D eigenvalue weighted by atomic mass is 10.2. The van der Waals surface area contributed by atoms with E-state index in [9.17, 15) is 8.78 Å². The lowest BCUT2D eigenvalue weighted by Gasteiger charge is -2.00. The van der Waals surface area contributed by atoms with Crippen molar-refractivity contribution in [3.05, 3.63) is 53.1 Å². The Bertz CT molecular complexity index is 750. The van der Waals surface area contributed by atoms with Crippen LogP contribution in [0.15, 0.2) is 36.4 Å². The molecular formula is C14H9ClF2N4. The number of aromatic nitrogens is 3. The van der Waals surface area contributed by atoms with Gasteiger partial charge in [0.2, 0.25) is 0 Å². The molecule has 7 heteroatoms. The van der Waals surface area contributed by atoms with Crippen LogP contribution in [0.25, 0.3) is 22.8 Å². The molecule has 0 unspecified atom stereocenters. The summed E-state index contributed by atoms with van der Waals surface area (Å²) in [5, 5.41) is 7.16. The second kappa shape index (κ2) is 5.14. The zero-order chi connectivity index (χ0) is 15.0. The molecule has 3 rings (SSSR count). The first kappa shape index (κ1) is 13.5. The summed E-state index contributed by atoms with van der Waals surface area (Å²) < 4.78 is 26.1. The zero-order valence-electron chi connectivity index (χ0n) is 10.6. The van der Waals surface area contributed by atoms with Crippen LogP contribution in [0, 0.1) is 11.6 Å². The van der Waals surface area contributed by atoms with E-state index in [4.69, 9.17) is 17.3 Å². The highest BCUT2D eigenvalue weighted by Crippen LogP contribution is 2.26. The quantitative estimate of drug-likeness (QED) is 0.710. The highest BCUT2D eigenvalue weighted by molar-refractivity contribution is 6.33. The van der Waals surface area contributed by atoms with E-state index < -0.39 is 11.6 Å². The molecule has 0 saturated carbocycles. The van der Waals surface area contributed by atoms with Crippen LogP contribution in [-0.4, -0.2) is 15.2 Å². The molecule has 0 bridgehead atoms. The van der Waals surface area contributed by atoms with Crippen LogP contribution < -0.4 is 5.73 Å². The van der Waals surface area contributed by atoms with Gasteiger partial charge in [-0.05, 0) is 36.4 Å². The van der Waals surface area contributed by atoms with Gasteiger partial charge in [0.1, 0.15) is 0 Å². The summed E-state index contributed by atoms with van der Waals surface area (Å²) in [6.45, 7) is 0. The van der Waals surface area contributed by atoms with Gasteiger partial charge in [0.25, 0.3) is 0 Å². The molecule has 4 nitrogen and oxygen atoms in total. The van der Waals surface area contributed by atoms with Gasteiger partial charge in [0, 0.05) is 11.1 Å². The molecule has 0 amide bonds. The Hall–Kier alpha value is -2.47. The Balaban J connectivity index is 1.99. The van der Waals surface area contributed by atoms with Gasteiger partial charge < -0.3 is 5.73 Å². The number of benzene rings is 2. The fourth-order valence-corrected chi connectivity index (χ4v) is 1.96. The first-order chi connectivity index (χ1) is 10.0. The van der Waals surface area contributed by atoms with Crippen molar-refractivity contribution in [3.63, 3.8) is 0 Å². The third kappa shape index (κ3) is 2.57. The maximum absolute atomic E-state index is 13.2. The minimum Gasteiger partial charge on any atom is -0.398 e. The molecule has 0 radical (unpaired) electrons. The topological polar surface area (TPSA) is 67.6 Å². The summed E-state index contributed by atoms with van der Waals surface area (Å²) in [6, 6.07) is 8.50. The Morgan fingerprint density at radius 2 is 1.76 bits per heavy atom. The molecule has 2 aromatic carbocycles. The van der Waals surface area contributed by atoms with Crippen LogP contribution in [0.1, 0.15) is 0 Å². The SMILES string of the molecule is Nc1cc(-c2nc(-c3ccc(F)c(F)c3)n[nH]2)ccc1Cl. The van der Waals surface area contributed by atoms with Gasteiger partial charge in [-0.15, -0.1) is 0 Å². The first-order valence-electron chi connectivity index (χ1n) is 5.98. The van der Waals surface area contributed by atoms with Crippen molar-refractivity contribution in [1.29, 1.82) is 0 Å². The van der Waals surface area contributed by atoms with Crippen molar-refractivity contribution in [1.82, 2.24) is 15.2 Å². The Kier molecular flexibility index (Phi) is 3.31. The fraction of sp³-hybridized carbons (Fsp3) is 0. The Morgan fingerprint density at radius 3 is 2.48 bits per heavy atom. The molecule has 0 aliphatic rings. The summed E-state index contributed by atoms with van der Waals surface area (Å²) in [6.07, 6.45) is 0. The van der Waals surface area contributed by atoms with Crippen molar-refractivity contribution in [2.45, 2.75) is 0 Å². The molecule has 1 aromatic heterocycles.